The van der Waals surface area contributed by atoms with Crippen molar-refractivity contribution >= 4 is 40.6 Å². The van der Waals surface area contributed by atoms with E-state index in [2.05, 4.69) is 5.32 Å². The molecule has 3 rings (SSSR count). The molecule has 32 heavy (non-hydrogen) atoms. The molecule has 1 heterocycles. The summed E-state index contributed by atoms with van der Waals surface area (Å²) in [6.45, 7) is 8.11. The van der Waals surface area contributed by atoms with Gasteiger partial charge in [0.1, 0.15) is 16.9 Å². The smallest absolute Gasteiger partial charge is 0.407 e. The first-order valence-electron chi connectivity index (χ1n) is 10.5. The third-order valence-electron chi connectivity index (χ3n) is 4.60. The maximum atomic E-state index is 12.0. The molecule has 0 aliphatic carbocycles. The van der Waals surface area contributed by atoms with E-state index in [-0.39, 0.29) is 5.78 Å². The molecule has 7 nitrogen and oxygen atoms in total. The predicted octanol–water partition coefficient (Wildman–Crippen LogP) is 5.46. The molecule has 1 N–H and O–H groups in total. The third kappa shape index (κ3) is 6.47. The molecule has 0 spiro atoms. The summed E-state index contributed by atoms with van der Waals surface area (Å²) in [5, 5.41) is 3.37. The molecule has 170 valence electrons. The molecule has 0 aliphatic heterocycles. The minimum atomic E-state index is -0.574. The molecule has 2 aromatic carbocycles. The number of amides is 1. The van der Waals surface area contributed by atoms with E-state index < -0.39 is 11.7 Å². The highest BCUT2D eigenvalue weighted by molar-refractivity contribution is 6.30. The second-order valence-electron chi connectivity index (χ2n) is 8.53. The first-order valence-corrected chi connectivity index (χ1v) is 10.9. The van der Waals surface area contributed by atoms with Crippen molar-refractivity contribution in [3.63, 3.8) is 0 Å². The maximum Gasteiger partial charge on any atom is 0.407 e. The van der Waals surface area contributed by atoms with Gasteiger partial charge in [-0.2, -0.15) is 4.98 Å². The lowest BCUT2D eigenvalue weighted by Gasteiger charge is -2.22. The Morgan fingerprint density at radius 1 is 1.16 bits per heavy atom. The number of carbonyl (C=O) groups excluding carboxylic acids is 2. The van der Waals surface area contributed by atoms with E-state index in [1.54, 1.807) is 6.92 Å². The van der Waals surface area contributed by atoms with E-state index in [0.717, 1.165) is 11.1 Å². The van der Waals surface area contributed by atoms with Gasteiger partial charge in [-0.05, 0) is 51.5 Å². The Balaban J connectivity index is 1.83. The minimum absolute atomic E-state index is 0.0610. The summed E-state index contributed by atoms with van der Waals surface area (Å²) in [7, 11) is 0. The number of nitrogens with one attached hydrogen (secondary N) is 1. The largest absolute Gasteiger partial charge is 0.444 e. The number of nitrogens with zero attached hydrogens (tertiary/aromatic N) is 2. The van der Waals surface area contributed by atoms with Gasteiger partial charge in [-0.25, -0.2) is 4.79 Å². The first kappa shape index (κ1) is 23.6. The van der Waals surface area contributed by atoms with Crippen molar-refractivity contribution in [3.05, 3.63) is 47.5 Å². The number of ether oxygens (including phenoxy) is 1. The second-order valence-corrected chi connectivity index (χ2v) is 8.96. The Morgan fingerprint density at radius 2 is 1.91 bits per heavy atom. The SMILES string of the molecule is CC(=O)CCN(CCNC(=O)OC(C)(C)C)c1nc2c(-c3cccc(Cl)c3)cccc2o1. The summed E-state index contributed by atoms with van der Waals surface area (Å²) in [5.74, 6) is 0.0610. The van der Waals surface area contributed by atoms with E-state index in [9.17, 15) is 9.59 Å². The van der Waals surface area contributed by atoms with Crippen LogP contribution in [0.15, 0.2) is 46.9 Å². The Hall–Kier alpha value is -3.06. The highest BCUT2D eigenvalue weighted by Crippen LogP contribution is 2.32. The summed E-state index contributed by atoms with van der Waals surface area (Å²) < 4.78 is 11.3. The van der Waals surface area contributed by atoms with E-state index in [1.165, 1.54) is 0 Å². The molecule has 0 atom stereocenters. The fourth-order valence-corrected chi connectivity index (χ4v) is 3.35. The molecule has 1 amide bonds. The number of hydrogen-bond donors (Lipinski definition) is 1. The van der Waals surface area contributed by atoms with E-state index >= 15 is 0 Å². The van der Waals surface area contributed by atoms with Gasteiger partial charge >= 0.3 is 6.09 Å². The second kappa shape index (κ2) is 10.0. The molecular formula is C24H28ClN3O4. The van der Waals surface area contributed by atoms with Crippen molar-refractivity contribution in [1.29, 1.82) is 0 Å². The Bertz CT molecular complexity index is 1100. The maximum absolute atomic E-state index is 12.0. The number of hydrogen-bond acceptors (Lipinski definition) is 6. The Kier molecular flexibility index (Phi) is 7.40. The van der Waals surface area contributed by atoms with Gasteiger partial charge in [-0.3, -0.25) is 4.79 Å². The molecule has 1 aromatic heterocycles. The van der Waals surface area contributed by atoms with Crippen LogP contribution in [-0.2, 0) is 9.53 Å². The fraction of sp³-hybridized carbons (Fsp3) is 0.375. The molecular weight excluding hydrogens is 430 g/mol. The molecule has 0 fully saturated rings. The highest BCUT2D eigenvalue weighted by Gasteiger charge is 2.19. The molecule has 0 saturated heterocycles. The zero-order valence-corrected chi connectivity index (χ0v) is 19.5. The number of rotatable bonds is 8. The number of para-hydroxylation sites is 1. The van der Waals surface area contributed by atoms with E-state index in [1.807, 2.05) is 68.1 Å². The van der Waals surface area contributed by atoms with Crippen LogP contribution < -0.4 is 10.2 Å². The topological polar surface area (TPSA) is 84.7 Å². The average Bonchev–Trinajstić information content (AvgIpc) is 3.13. The lowest BCUT2D eigenvalue weighted by molar-refractivity contribution is -0.116. The van der Waals surface area contributed by atoms with Crippen LogP contribution in [0.5, 0.6) is 0 Å². The monoisotopic (exact) mass is 457 g/mol. The van der Waals surface area contributed by atoms with Crippen LogP contribution in [0.2, 0.25) is 5.02 Å². The summed E-state index contributed by atoms with van der Waals surface area (Å²) in [6.07, 6.45) is -0.156. The molecule has 0 unspecified atom stereocenters. The molecule has 0 radical (unpaired) electrons. The van der Waals surface area contributed by atoms with Gasteiger partial charge in [0.25, 0.3) is 6.01 Å². The van der Waals surface area contributed by atoms with Gasteiger partial charge in [-0.1, -0.05) is 35.9 Å². The lowest BCUT2D eigenvalue weighted by Crippen LogP contribution is -2.38. The van der Waals surface area contributed by atoms with E-state index in [0.29, 0.717) is 48.2 Å². The van der Waals surface area contributed by atoms with Gasteiger partial charge in [0.2, 0.25) is 0 Å². The van der Waals surface area contributed by atoms with Gasteiger partial charge in [0.15, 0.2) is 5.58 Å². The number of fused-ring (bicyclic) bond motifs is 1. The summed E-state index contributed by atoms with van der Waals surface area (Å²) in [6, 6.07) is 13.7. The number of carbonyl (C=O) groups is 2. The number of benzene rings is 2. The molecule has 0 aliphatic rings. The Morgan fingerprint density at radius 3 is 2.59 bits per heavy atom. The van der Waals surface area contributed by atoms with Crippen molar-refractivity contribution in [2.24, 2.45) is 0 Å². The van der Waals surface area contributed by atoms with Crippen LogP contribution in [0.1, 0.15) is 34.1 Å². The average molecular weight is 458 g/mol. The quantitative estimate of drug-likeness (QED) is 0.483. The number of aromatic nitrogens is 1. The van der Waals surface area contributed by atoms with Gasteiger partial charge in [0.05, 0.1) is 0 Å². The summed E-state index contributed by atoms with van der Waals surface area (Å²) >= 11 is 6.17. The third-order valence-corrected chi connectivity index (χ3v) is 4.83. The zero-order valence-electron chi connectivity index (χ0n) is 18.8. The van der Waals surface area contributed by atoms with Crippen LogP contribution in [0.4, 0.5) is 10.8 Å². The minimum Gasteiger partial charge on any atom is -0.444 e. The molecule has 8 heteroatoms. The first-order chi connectivity index (χ1) is 15.1. The fourth-order valence-electron chi connectivity index (χ4n) is 3.16. The van der Waals surface area contributed by atoms with Crippen molar-refractivity contribution in [1.82, 2.24) is 10.3 Å². The van der Waals surface area contributed by atoms with Crippen molar-refractivity contribution in [2.75, 3.05) is 24.5 Å². The summed E-state index contributed by atoms with van der Waals surface area (Å²) in [4.78, 5) is 30.1. The van der Waals surface area contributed by atoms with Crippen LogP contribution >= 0.6 is 11.6 Å². The number of oxazole rings is 1. The predicted molar refractivity (Wildman–Crippen MR) is 126 cm³/mol. The molecule has 3 aromatic rings. The van der Waals surface area contributed by atoms with Crippen LogP contribution in [0.3, 0.4) is 0 Å². The lowest BCUT2D eigenvalue weighted by atomic mass is 10.0. The van der Waals surface area contributed by atoms with Crippen molar-refractivity contribution in [3.8, 4) is 11.1 Å². The zero-order chi connectivity index (χ0) is 23.3. The Labute approximate surface area is 192 Å². The summed E-state index contributed by atoms with van der Waals surface area (Å²) in [5.41, 5.74) is 2.60. The van der Waals surface area contributed by atoms with E-state index in [4.69, 9.17) is 25.7 Å². The van der Waals surface area contributed by atoms with Gasteiger partial charge in [0, 0.05) is 36.6 Å². The van der Waals surface area contributed by atoms with Crippen LogP contribution in [0, 0.1) is 0 Å². The van der Waals surface area contributed by atoms with Crippen LogP contribution in [-0.4, -0.2) is 42.1 Å². The van der Waals surface area contributed by atoms with Crippen LogP contribution in [0.25, 0.3) is 22.2 Å². The van der Waals surface area contributed by atoms with Crippen molar-refractivity contribution < 1.29 is 18.7 Å². The number of anilines is 1. The molecule has 0 saturated carbocycles. The normalized spacial score (nSPS) is 11.4. The number of Topliss-reactive ketones (excluding diaryl/α,β-unsaturated/α-hetero) is 1. The number of ketones is 1. The number of alkyl carbamates (subject to hydrolysis) is 1. The number of halogens is 1. The van der Waals surface area contributed by atoms with Gasteiger partial charge in [-0.15, -0.1) is 0 Å². The highest BCUT2D eigenvalue weighted by atomic mass is 35.5. The molecule has 0 bridgehead atoms. The standard InChI is InChI=1S/C24H28ClN3O4/c1-16(29)11-13-28(14-12-26-23(30)32-24(2,3)4)22-27-21-19(9-6-10-20(21)31-22)17-7-5-8-18(25)15-17/h5-10,15H,11-14H2,1-4H3,(H,26,30). The van der Waals surface area contributed by atoms with Gasteiger partial charge < -0.3 is 19.4 Å². The van der Waals surface area contributed by atoms with Crippen molar-refractivity contribution in [2.45, 2.75) is 39.7 Å².